The lowest BCUT2D eigenvalue weighted by molar-refractivity contribution is -0.128. The number of rotatable bonds is 9. The number of likely N-dealkylation sites (tertiary alicyclic amines) is 1. The van der Waals surface area contributed by atoms with Crippen LogP contribution < -0.4 is 10.1 Å². The molecule has 1 aliphatic heterocycles. The van der Waals surface area contributed by atoms with E-state index in [9.17, 15) is 18.4 Å². The fraction of sp³-hybridized carbons (Fsp3) is 0.370. The molecule has 2 aromatic heterocycles. The number of hydrogen-bond acceptors (Lipinski definition) is 7. The van der Waals surface area contributed by atoms with Gasteiger partial charge in [0.1, 0.15) is 11.4 Å². The van der Waals surface area contributed by atoms with Crippen LogP contribution in [0.1, 0.15) is 52.9 Å². The number of nitrogens with one attached hydrogen (secondary N) is 1. The van der Waals surface area contributed by atoms with Gasteiger partial charge in [0.25, 0.3) is 0 Å². The Morgan fingerprint density at radius 3 is 2.54 bits per heavy atom. The number of nitrogens with zero attached hydrogens (tertiary/aromatic N) is 2. The summed E-state index contributed by atoms with van der Waals surface area (Å²) in [5, 5.41) is 2.79. The first-order valence-corrected chi connectivity index (χ1v) is 11.9. The average Bonchev–Trinajstić information content (AvgIpc) is 3.30. The molecule has 0 aliphatic carbocycles. The van der Waals surface area contributed by atoms with Crippen LogP contribution in [0.5, 0.6) is 5.88 Å². The van der Waals surface area contributed by atoms with E-state index in [0.717, 1.165) is 11.1 Å². The molecule has 0 saturated carbocycles. The van der Waals surface area contributed by atoms with E-state index in [1.54, 1.807) is 25.1 Å². The van der Waals surface area contributed by atoms with E-state index >= 15 is 0 Å². The van der Waals surface area contributed by atoms with E-state index in [2.05, 4.69) is 33.6 Å². The molecule has 1 fully saturated rings. The molecule has 3 heterocycles. The van der Waals surface area contributed by atoms with Crippen LogP contribution in [-0.4, -0.2) is 48.6 Å². The zero-order valence-corrected chi connectivity index (χ0v) is 21.1. The molecule has 0 radical (unpaired) electrons. The van der Waals surface area contributed by atoms with Crippen LogP contribution in [0.3, 0.4) is 0 Å². The Morgan fingerprint density at radius 1 is 1.14 bits per heavy atom. The number of aromatic nitrogens is 1. The predicted octanol–water partition coefficient (Wildman–Crippen LogP) is 4.89. The first-order chi connectivity index (χ1) is 17.6. The molecule has 1 aromatic carbocycles. The van der Waals surface area contributed by atoms with Crippen LogP contribution in [0.15, 0.2) is 52.9 Å². The van der Waals surface area contributed by atoms with E-state index in [1.165, 1.54) is 13.2 Å². The van der Waals surface area contributed by atoms with Crippen molar-refractivity contribution in [2.45, 2.75) is 45.3 Å². The number of alkyl halides is 2. The topological polar surface area (TPSA) is 93.9 Å². The molecule has 10 heteroatoms. The van der Waals surface area contributed by atoms with Gasteiger partial charge in [-0.15, -0.1) is 0 Å². The normalized spacial score (nSPS) is 14.9. The highest BCUT2D eigenvalue weighted by molar-refractivity contribution is 6.01. The number of anilines is 1. The van der Waals surface area contributed by atoms with Crippen molar-refractivity contribution in [2.75, 3.05) is 25.5 Å². The third kappa shape index (κ3) is 5.48. The van der Waals surface area contributed by atoms with Crippen LogP contribution in [0.4, 0.5) is 14.5 Å². The van der Waals surface area contributed by atoms with Gasteiger partial charge in [-0.25, -0.2) is 9.78 Å². The smallest absolute Gasteiger partial charge is 0.388 e. The summed E-state index contributed by atoms with van der Waals surface area (Å²) in [5.41, 5.74) is 1.49. The number of hydrogen-bond donors (Lipinski definition) is 1. The van der Waals surface area contributed by atoms with Crippen LogP contribution in [-0.2, 0) is 21.5 Å². The zero-order valence-electron chi connectivity index (χ0n) is 21.1. The summed E-state index contributed by atoms with van der Waals surface area (Å²) in [5.74, 6) is -0.439. The van der Waals surface area contributed by atoms with E-state index in [4.69, 9.17) is 4.42 Å². The minimum absolute atomic E-state index is 0.0736. The second-order valence-electron chi connectivity index (χ2n) is 9.36. The van der Waals surface area contributed by atoms with Gasteiger partial charge in [-0.2, -0.15) is 8.78 Å². The molecule has 196 valence electrons. The number of pyridine rings is 1. The summed E-state index contributed by atoms with van der Waals surface area (Å²) < 4.78 is 40.8. The third-order valence-electron chi connectivity index (χ3n) is 6.40. The van der Waals surface area contributed by atoms with E-state index in [-0.39, 0.29) is 29.2 Å². The first-order valence-electron chi connectivity index (χ1n) is 11.9. The highest BCUT2D eigenvalue weighted by atomic mass is 19.3. The molecule has 0 spiro atoms. The maximum atomic E-state index is 13.9. The molecule has 1 amide bonds. The van der Waals surface area contributed by atoms with Crippen LogP contribution >= 0.6 is 0 Å². The summed E-state index contributed by atoms with van der Waals surface area (Å²) >= 11 is 0. The van der Waals surface area contributed by atoms with Crippen LogP contribution in [0.25, 0.3) is 0 Å². The quantitative estimate of drug-likeness (QED) is 0.407. The molecule has 3 aromatic rings. The molecule has 8 nitrogen and oxygen atoms in total. The lowest BCUT2D eigenvalue weighted by atomic mass is 9.69. The third-order valence-corrected chi connectivity index (χ3v) is 6.40. The minimum Gasteiger partial charge on any atom is -0.463 e. The molecular weight excluding hydrogens is 484 g/mol. The number of furan rings is 1. The molecule has 1 saturated heterocycles. The Kier molecular flexibility index (Phi) is 7.58. The minimum atomic E-state index is -3.08. The van der Waals surface area contributed by atoms with Gasteiger partial charge in [0, 0.05) is 18.8 Å². The van der Waals surface area contributed by atoms with Gasteiger partial charge in [-0.05, 0) is 48.2 Å². The number of benzene rings is 1. The monoisotopic (exact) mass is 513 g/mol. The summed E-state index contributed by atoms with van der Waals surface area (Å²) in [6.07, 6.45) is 0. The fourth-order valence-electron chi connectivity index (χ4n) is 4.64. The number of methoxy groups -OCH3 is 1. The Hall–Kier alpha value is -3.79. The molecule has 0 bridgehead atoms. The molecule has 0 atom stereocenters. The zero-order chi connectivity index (χ0) is 26.7. The van der Waals surface area contributed by atoms with E-state index < -0.39 is 18.0 Å². The Balaban J connectivity index is 1.63. The number of ether oxygens (including phenoxy) is 2. The van der Waals surface area contributed by atoms with Gasteiger partial charge >= 0.3 is 12.6 Å². The largest absolute Gasteiger partial charge is 0.463 e. The molecule has 1 aliphatic rings. The van der Waals surface area contributed by atoms with Crippen molar-refractivity contribution < 1.29 is 32.3 Å². The second-order valence-corrected chi connectivity index (χ2v) is 9.36. The van der Waals surface area contributed by atoms with Crippen molar-refractivity contribution in [1.29, 1.82) is 0 Å². The number of halogens is 2. The SMILES string of the molecule is COC(=O)c1ccc(CN2CC(C(=O)Nc3ccc(C)nc3OC(F)F)(c3ccccc3C(C)C)C2)o1. The molecule has 4 rings (SSSR count). The van der Waals surface area contributed by atoms with Gasteiger partial charge in [-0.3, -0.25) is 9.69 Å². The van der Waals surface area contributed by atoms with Crippen molar-refractivity contribution in [3.05, 3.63) is 76.9 Å². The molecule has 0 unspecified atom stereocenters. The number of carbonyl (C=O) groups is 2. The Labute approximate surface area is 213 Å². The molecule has 37 heavy (non-hydrogen) atoms. The van der Waals surface area contributed by atoms with Crippen molar-refractivity contribution in [3.8, 4) is 5.88 Å². The van der Waals surface area contributed by atoms with Crippen molar-refractivity contribution >= 4 is 17.6 Å². The average molecular weight is 514 g/mol. The first kappa shape index (κ1) is 26.3. The number of amides is 1. The van der Waals surface area contributed by atoms with Crippen LogP contribution in [0, 0.1) is 6.92 Å². The van der Waals surface area contributed by atoms with Crippen molar-refractivity contribution in [1.82, 2.24) is 9.88 Å². The highest BCUT2D eigenvalue weighted by Crippen LogP contribution is 2.41. The van der Waals surface area contributed by atoms with Gasteiger partial charge in [0.2, 0.25) is 17.5 Å². The van der Waals surface area contributed by atoms with Gasteiger partial charge in [-0.1, -0.05) is 38.1 Å². The predicted molar refractivity (Wildman–Crippen MR) is 132 cm³/mol. The lowest BCUT2D eigenvalue weighted by Crippen LogP contribution is -2.64. The highest BCUT2D eigenvalue weighted by Gasteiger charge is 2.52. The second kappa shape index (κ2) is 10.7. The Morgan fingerprint density at radius 2 is 1.86 bits per heavy atom. The van der Waals surface area contributed by atoms with Crippen molar-refractivity contribution in [2.24, 2.45) is 0 Å². The van der Waals surface area contributed by atoms with E-state index in [0.29, 0.717) is 31.1 Å². The summed E-state index contributed by atoms with van der Waals surface area (Å²) in [6.45, 7) is 3.74. The van der Waals surface area contributed by atoms with Gasteiger partial charge < -0.3 is 19.2 Å². The maximum Gasteiger partial charge on any atom is 0.388 e. The van der Waals surface area contributed by atoms with Crippen molar-refractivity contribution in [3.63, 3.8) is 0 Å². The summed E-state index contributed by atoms with van der Waals surface area (Å²) in [6, 6.07) is 14.1. The summed E-state index contributed by atoms with van der Waals surface area (Å²) in [7, 11) is 1.28. The number of esters is 1. The Bertz CT molecular complexity index is 1280. The van der Waals surface area contributed by atoms with Gasteiger partial charge in [0.05, 0.1) is 19.1 Å². The lowest BCUT2D eigenvalue weighted by Gasteiger charge is -2.49. The molecule has 1 N–H and O–H groups in total. The standard InChI is InChI=1S/C27H29F2N3O5/c1-16(2)19-7-5-6-8-20(19)27(14-32(15-27)13-18-10-12-22(36-18)24(33)35-4)25(34)31-21-11-9-17(3)30-23(21)37-26(28)29/h5-12,16,26H,13-15H2,1-4H3,(H,31,34). The number of carbonyl (C=O) groups excluding carboxylic acids is 2. The van der Waals surface area contributed by atoms with E-state index in [1.807, 2.05) is 29.2 Å². The molecular formula is C27H29F2N3O5. The maximum absolute atomic E-state index is 13.9. The van der Waals surface area contributed by atoms with Gasteiger partial charge in [0.15, 0.2) is 0 Å². The van der Waals surface area contributed by atoms with Crippen LogP contribution in [0.2, 0.25) is 0 Å². The summed E-state index contributed by atoms with van der Waals surface area (Å²) in [4.78, 5) is 31.6. The number of aryl methyl sites for hydroxylation is 1. The fourth-order valence-corrected chi connectivity index (χ4v) is 4.64.